The minimum Gasteiger partial charge on any atom is -0.378 e. The first-order valence-corrected chi connectivity index (χ1v) is 9.17. The van der Waals surface area contributed by atoms with Gasteiger partial charge in [-0.1, -0.05) is 26.0 Å². The van der Waals surface area contributed by atoms with E-state index in [1.165, 1.54) is 24.8 Å². The van der Waals surface area contributed by atoms with Crippen molar-refractivity contribution < 1.29 is 9.53 Å². The molecule has 24 heavy (non-hydrogen) atoms. The van der Waals surface area contributed by atoms with E-state index < -0.39 is 0 Å². The number of benzene rings is 1. The molecule has 1 heterocycles. The second kappa shape index (κ2) is 5.85. The minimum absolute atomic E-state index is 0.128. The van der Waals surface area contributed by atoms with Gasteiger partial charge in [-0.25, -0.2) is 0 Å². The summed E-state index contributed by atoms with van der Waals surface area (Å²) >= 11 is 0. The van der Waals surface area contributed by atoms with Gasteiger partial charge in [0.1, 0.15) is 0 Å². The fourth-order valence-electron chi connectivity index (χ4n) is 5.35. The number of rotatable bonds is 4. The molecule has 1 aromatic carbocycles. The number of ether oxygens (including phenoxy) is 1. The van der Waals surface area contributed by atoms with Crippen molar-refractivity contribution in [2.45, 2.75) is 45.7 Å². The van der Waals surface area contributed by atoms with Crippen LogP contribution in [0.25, 0.3) is 0 Å². The third-order valence-corrected chi connectivity index (χ3v) is 6.22. The molecule has 1 N–H and O–H groups in total. The van der Waals surface area contributed by atoms with E-state index in [0.717, 1.165) is 12.1 Å². The fourth-order valence-corrected chi connectivity index (χ4v) is 5.35. The van der Waals surface area contributed by atoms with Crippen LogP contribution in [-0.4, -0.2) is 43.2 Å². The Morgan fingerprint density at radius 1 is 1.29 bits per heavy atom. The van der Waals surface area contributed by atoms with Gasteiger partial charge in [0.15, 0.2) is 0 Å². The van der Waals surface area contributed by atoms with Crippen LogP contribution in [0.2, 0.25) is 0 Å². The molecule has 5 rings (SSSR count). The third kappa shape index (κ3) is 2.86. The lowest BCUT2D eigenvalue weighted by molar-refractivity contribution is 0.0303. The maximum Gasteiger partial charge on any atom is 0.254 e. The van der Waals surface area contributed by atoms with Gasteiger partial charge in [0.05, 0.1) is 13.2 Å². The normalized spacial score (nSPS) is 34.9. The van der Waals surface area contributed by atoms with Crippen molar-refractivity contribution >= 4 is 5.91 Å². The zero-order chi connectivity index (χ0) is 16.8. The van der Waals surface area contributed by atoms with Crippen LogP contribution in [0.15, 0.2) is 24.3 Å². The molecule has 1 unspecified atom stereocenters. The standard InChI is InChI=1S/C20H28N2O2/c1-19-11-17(20(2,13-19)14-19)21-12-15-4-3-5-16(10-15)18(23)22-6-8-24-9-7-22/h3-5,10,17,21H,6-9,11-14H2,1-2H3. The van der Waals surface area contributed by atoms with Gasteiger partial charge < -0.3 is 15.0 Å². The molecule has 2 bridgehead atoms. The topological polar surface area (TPSA) is 41.6 Å². The predicted octanol–water partition coefficient (Wildman–Crippen LogP) is 2.83. The molecule has 3 aliphatic carbocycles. The van der Waals surface area contributed by atoms with Crippen molar-refractivity contribution in [1.29, 1.82) is 0 Å². The number of nitrogens with zero attached hydrogens (tertiary/aromatic N) is 1. The second-order valence-electron chi connectivity index (χ2n) is 8.56. The number of fused-ring (bicyclic) bond motifs is 1. The molecule has 0 radical (unpaired) electrons. The molecule has 0 aromatic heterocycles. The maximum absolute atomic E-state index is 12.6. The molecule has 1 aliphatic heterocycles. The molecule has 4 nitrogen and oxygen atoms in total. The monoisotopic (exact) mass is 328 g/mol. The van der Waals surface area contributed by atoms with E-state index in [1.807, 2.05) is 23.1 Å². The Balaban J connectivity index is 1.39. The first kappa shape index (κ1) is 16.1. The Bertz CT molecular complexity index is 630. The summed E-state index contributed by atoms with van der Waals surface area (Å²) in [6.45, 7) is 8.36. The molecule has 130 valence electrons. The number of hydrogen-bond acceptors (Lipinski definition) is 3. The van der Waals surface area contributed by atoms with Crippen LogP contribution >= 0.6 is 0 Å². The maximum atomic E-state index is 12.6. The quantitative estimate of drug-likeness (QED) is 0.924. The summed E-state index contributed by atoms with van der Waals surface area (Å²) in [4.78, 5) is 14.5. The molecule has 0 spiro atoms. The lowest BCUT2D eigenvalue weighted by Gasteiger charge is -2.44. The Kier molecular flexibility index (Phi) is 3.92. The van der Waals surface area contributed by atoms with Crippen LogP contribution in [0.5, 0.6) is 0 Å². The van der Waals surface area contributed by atoms with Gasteiger partial charge in [-0.2, -0.15) is 0 Å². The van der Waals surface area contributed by atoms with Crippen molar-refractivity contribution in [1.82, 2.24) is 10.2 Å². The molecule has 4 fully saturated rings. The van der Waals surface area contributed by atoms with Gasteiger partial charge in [-0.05, 0) is 47.8 Å². The second-order valence-corrected chi connectivity index (χ2v) is 8.56. The minimum atomic E-state index is 0.128. The van der Waals surface area contributed by atoms with E-state index in [0.29, 0.717) is 43.2 Å². The van der Waals surface area contributed by atoms with Crippen LogP contribution in [0.3, 0.4) is 0 Å². The summed E-state index contributed by atoms with van der Waals surface area (Å²) in [6, 6.07) is 8.71. The highest BCUT2D eigenvalue weighted by atomic mass is 16.5. The Morgan fingerprint density at radius 2 is 2.04 bits per heavy atom. The SMILES string of the molecule is CC12CC(NCc3cccc(C(=O)N4CCOCC4)c3)C(C)(C1)C2. The average Bonchev–Trinajstić information content (AvgIpc) is 2.97. The summed E-state index contributed by atoms with van der Waals surface area (Å²) in [5.41, 5.74) is 3.05. The molecular weight excluding hydrogens is 300 g/mol. The van der Waals surface area contributed by atoms with E-state index in [9.17, 15) is 4.79 Å². The highest BCUT2D eigenvalue weighted by molar-refractivity contribution is 5.94. The molecule has 1 atom stereocenters. The Labute approximate surface area is 144 Å². The van der Waals surface area contributed by atoms with Gasteiger partial charge >= 0.3 is 0 Å². The summed E-state index contributed by atoms with van der Waals surface area (Å²) in [5, 5.41) is 3.76. The first-order chi connectivity index (χ1) is 11.5. The van der Waals surface area contributed by atoms with Crippen LogP contribution in [0.1, 0.15) is 49.0 Å². The lowest BCUT2D eigenvalue weighted by atomic mass is 9.62. The fraction of sp³-hybridized carbons (Fsp3) is 0.650. The first-order valence-electron chi connectivity index (χ1n) is 9.17. The number of carbonyl (C=O) groups is 1. The van der Waals surface area contributed by atoms with Gasteiger partial charge in [0.2, 0.25) is 0 Å². The summed E-state index contributed by atoms with van der Waals surface area (Å²) in [6.07, 6.45) is 4.00. The van der Waals surface area contributed by atoms with Crippen molar-refractivity contribution in [3.05, 3.63) is 35.4 Å². The molecular formula is C20H28N2O2. The predicted molar refractivity (Wildman–Crippen MR) is 93.9 cm³/mol. The zero-order valence-electron chi connectivity index (χ0n) is 14.8. The zero-order valence-corrected chi connectivity index (χ0v) is 14.8. The van der Waals surface area contributed by atoms with Gasteiger partial charge in [-0.15, -0.1) is 0 Å². The van der Waals surface area contributed by atoms with Crippen molar-refractivity contribution in [3.63, 3.8) is 0 Å². The third-order valence-electron chi connectivity index (χ3n) is 6.22. The highest BCUT2D eigenvalue weighted by Crippen LogP contribution is 2.66. The summed E-state index contributed by atoms with van der Waals surface area (Å²) in [5.74, 6) is 0.128. The van der Waals surface area contributed by atoms with E-state index in [2.05, 4.69) is 25.2 Å². The summed E-state index contributed by atoms with van der Waals surface area (Å²) < 4.78 is 5.33. The van der Waals surface area contributed by atoms with Crippen LogP contribution < -0.4 is 5.32 Å². The van der Waals surface area contributed by atoms with Gasteiger partial charge in [-0.3, -0.25) is 4.79 Å². The number of hydrogen-bond donors (Lipinski definition) is 1. The van der Waals surface area contributed by atoms with Crippen LogP contribution in [-0.2, 0) is 11.3 Å². The Hall–Kier alpha value is -1.39. The van der Waals surface area contributed by atoms with Crippen molar-refractivity contribution in [2.75, 3.05) is 26.3 Å². The average molecular weight is 328 g/mol. The van der Waals surface area contributed by atoms with E-state index in [-0.39, 0.29) is 5.91 Å². The van der Waals surface area contributed by atoms with Gasteiger partial charge in [0.25, 0.3) is 5.91 Å². The molecule has 1 amide bonds. The molecule has 1 aromatic rings. The number of carbonyl (C=O) groups excluding carboxylic acids is 1. The molecule has 3 saturated carbocycles. The van der Waals surface area contributed by atoms with E-state index in [1.54, 1.807) is 0 Å². The number of nitrogens with one attached hydrogen (secondary N) is 1. The largest absolute Gasteiger partial charge is 0.378 e. The molecule has 1 saturated heterocycles. The van der Waals surface area contributed by atoms with Crippen molar-refractivity contribution in [3.8, 4) is 0 Å². The highest BCUT2D eigenvalue weighted by Gasteiger charge is 2.60. The van der Waals surface area contributed by atoms with Crippen LogP contribution in [0, 0.1) is 10.8 Å². The smallest absolute Gasteiger partial charge is 0.254 e. The summed E-state index contributed by atoms with van der Waals surface area (Å²) in [7, 11) is 0. The van der Waals surface area contributed by atoms with Gasteiger partial charge in [0, 0.05) is 31.2 Å². The van der Waals surface area contributed by atoms with E-state index in [4.69, 9.17) is 4.74 Å². The molecule has 4 heteroatoms. The number of morpholine rings is 1. The Morgan fingerprint density at radius 3 is 2.71 bits per heavy atom. The lowest BCUT2D eigenvalue weighted by Crippen LogP contribution is -2.42. The van der Waals surface area contributed by atoms with E-state index >= 15 is 0 Å². The number of amides is 1. The van der Waals surface area contributed by atoms with Crippen molar-refractivity contribution in [2.24, 2.45) is 10.8 Å². The van der Waals surface area contributed by atoms with Crippen LogP contribution in [0.4, 0.5) is 0 Å². The molecule has 4 aliphatic rings.